The molecule has 0 amide bonds. The molecule has 106 valence electrons. The molecule has 4 nitrogen and oxygen atoms in total. The van der Waals surface area contributed by atoms with Crippen LogP contribution in [-0.4, -0.2) is 28.1 Å². The molecule has 0 aliphatic rings. The Morgan fingerprint density at radius 3 is 2.89 bits per heavy atom. The average Bonchev–Trinajstić information content (AvgIpc) is 2.71. The molecule has 1 rings (SSSR count). The van der Waals surface area contributed by atoms with Crippen molar-refractivity contribution in [1.82, 2.24) is 9.55 Å². The van der Waals surface area contributed by atoms with Crippen LogP contribution in [-0.2, 0) is 11.9 Å². The quantitative estimate of drug-likeness (QED) is 0.440. The molecule has 0 saturated carbocycles. The van der Waals surface area contributed by atoms with Crippen LogP contribution >= 0.6 is 11.8 Å². The largest absolute Gasteiger partial charge is 0.396 e. The van der Waals surface area contributed by atoms with Gasteiger partial charge in [0.1, 0.15) is 6.61 Å². The van der Waals surface area contributed by atoms with E-state index in [1.165, 1.54) is 18.0 Å². The molecule has 0 atom stereocenters. The van der Waals surface area contributed by atoms with Gasteiger partial charge in [0.25, 0.3) is 0 Å². The molecule has 0 saturated heterocycles. The van der Waals surface area contributed by atoms with Gasteiger partial charge in [-0.05, 0) is 6.92 Å². The van der Waals surface area contributed by atoms with Crippen LogP contribution in [0.15, 0.2) is 28.4 Å². The van der Waals surface area contributed by atoms with Crippen molar-refractivity contribution < 1.29 is 18.0 Å². The number of thioether (sulfide) groups is 1. The van der Waals surface area contributed by atoms with E-state index in [1.807, 2.05) is 6.92 Å². The predicted molar refractivity (Wildman–Crippen MR) is 68.1 cm³/mol. The number of hydrogen-bond donors (Lipinski definition) is 0. The molecule has 1 aromatic rings. The van der Waals surface area contributed by atoms with Gasteiger partial charge in [-0.25, -0.2) is 9.37 Å². The zero-order valence-electron chi connectivity index (χ0n) is 10.6. The molecule has 0 aliphatic carbocycles. The number of imidazole rings is 1. The van der Waals surface area contributed by atoms with Gasteiger partial charge >= 0.3 is 6.08 Å². The molecular formula is C11H14F3N3OS. The molecule has 0 unspecified atom stereocenters. The van der Waals surface area contributed by atoms with Crippen molar-refractivity contribution >= 4 is 18.0 Å². The molecule has 0 radical (unpaired) electrons. The fraction of sp³-hybridized carbons (Fsp3) is 0.455. The first-order valence-corrected chi connectivity index (χ1v) is 6.54. The molecule has 1 heterocycles. The molecule has 8 heteroatoms. The molecule has 19 heavy (non-hydrogen) atoms. The van der Waals surface area contributed by atoms with Crippen molar-refractivity contribution in [3.8, 4) is 0 Å². The van der Waals surface area contributed by atoms with Gasteiger partial charge in [0, 0.05) is 19.2 Å². The third-order valence-corrected chi connectivity index (χ3v) is 3.17. The van der Waals surface area contributed by atoms with Gasteiger partial charge < -0.3 is 9.40 Å². The van der Waals surface area contributed by atoms with Crippen LogP contribution in [0.25, 0.3) is 0 Å². The summed E-state index contributed by atoms with van der Waals surface area (Å²) in [6, 6.07) is 0. The van der Waals surface area contributed by atoms with E-state index < -0.39 is 11.9 Å². The summed E-state index contributed by atoms with van der Waals surface area (Å²) in [4.78, 5) is 8.91. The normalized spacial score (nSPS) is 11.0. The molecule has 0 aromatic carbocycles. The highest BCUT2D eigenvalue weighted by atomic mass is 32.2. The summed E-state index contributed by atoms with van der Waals surface area (Å²) in [5, 5.41) is 4.31. The molecule has 0 N–H and O–H groups in total. The number of rotatable bonds is 7. The van der Waals surface area contributed by atoms with E-state index in [1.54, 1.807) is 17.8 Å². The van der Waals surface area contributed by atoms with Crippen LogP contribution in [0.5, 0.6) is 0 Å². The van der Waals surface area contributed by atoms with E-state index in [0.29, 0.717) is 17.5 Å². The fourth-order valence-electron chi connectivity index (χ4n) is 1.15. The zero-order valence-corrected chi connectivity index (χ0v) is 11.4. The lowest BCUT2D eigenvalue weighted by Gasteiger charge is -2.02. The summed E-state index contributed by atoms with van der Waals surface area (Å²) in [6.07, 6.45) is 0.502. The second-order valence-electron chi connectivity index (χ2n) is 3.44. The summed E-state index contributed by atoms with van der Waals surface area (Å²) >= 11 is 1.19. The molecule has 1 aromatic heterocycles. The van der Waals surface area contributed by atoms with E-state index >= 15 is 0 Å². The van der Waals surface area contributed by atoms with Gasteiger partial charge in [0.2, 0.25) is 0 Å². The Balaban J connectivity index is 2.54. The first-order chi connectivity index (χ1) is 9.06. The standard InChI is InChI=1S/C11H14F3N3OS/c1-3-18-16-7-8-6-15-11(17(8)2)19-5-4-9(12)10(13)14/h6-7H,3-5H2,1-2H3/b16-7+. The average molecular weight is 293 g/mol. The topological polar surface area (TPSA) is 39.4 Å². The Labute approximate surface area is 113 Å². The lowest BCUT2D eigenvalue weighted by atomic mass is 10.4. The first-order valence-electron chi connectivity index (χ1n) is 5.55. The van der Waals surface area contributed by atoms with Gasteiger partial charge in [-0.15, -0.1) is 0 Å². The van der Waals surface area contributed by atoms with Crippen molar-refractivity contribution in [2.75, 3.05) is 12.4 Å². The fourth-order valence-corrected chi connectivity index (χ4v) is 2.04. The Bertz CT molecular complexity index is 470. The number of nitrogens with zero attached hydrogens (tertiary/aromatic N) is 3. The number of aromatic nitrogens is 2. The maximum absolute atomic E-state index is 12.6. The van der Waals surface area contributed by atoms with Crippen LogP contribution in [0.4, 0.5) is 13.2 Å². The van der Waals surface area contributed by atoms with Crippen LogP contribution < -0.4 is 0 Å². The van der Waals surface area contributed by atoms with E-state index in [0.717, 1.165) is 0 Å². The van der Waals surface area contributed by atoms with Crippen molar-refractivity contribution in [1.29, 1.82) is 0 Å². The van der Waals surface area contributed by atoms with E-state index in [4.69, 9.17) is 4.84 Å². The third kappa shape index (κ3) is 4.98. The number of halogens is 3. The summed E-state index contributed by atoms with van der Waals surface area (Å²) in [5.41, 5.74) is 0.712. The van der Waals surface area contributed by atoms with Crippen LogP contribution in [0, 0.1) is 0 Å². The second-order valence-corrected chi connectivity index (χ2v) is 4.50. The van der Waals surface area contributed by atoms with E-state index in [9.17, 15) is 13.2 Å². The van der Waals surface area contributed by atoms with Gasteiger partial charge in [-0.3, -0.25) is 0 Å². The van der Waals surface area contributed by atoms with Crippen LogP contribution in [0.3, 0.4) is 0 Å². The highest BCUT2D eigenvalue weighted by molar-refractivity contribution is 7.99. The van der Waals surface area contributed by atoms with Crippen molar-refractivity contribution in [2.24, 2.45) is 12.2 Å². The first kappa shape index (κ1) is 15.6. The Morgan fingerprint density at radius 2 is 2.26 bits per heavy atom. The van der Waals surface area contributed by atoms with Gasteiger partial charge in [0.15, 0.2) is 11.0 Å². The minimum absolute atomic E-state index is 0.191. The predicted octanol–water partition coefficient (Wildman–Crippen LogP) is 3.35. The van der Waals surface area contributed by atoms with Gasteiger partial charge in [-0.2, -0.15) is 8.78 Å². The van der Waals surface area contributed by atoms with Crippen molar-refractivity contribution in [2.45, 2.75) is 18.5 Å². The van der Waals surface area contributed by atoms with Crippen LogP contribution in [0.1, 0.15) is 19.0 Å². The Hall–Kier alpha value is -1.44. The molecular weight excluding hydrogens is 279 g/mol. The SMILES string of the molecule is CCO/N=C/c1cnc(SCCC(F)=C(F)F)n1C. The lowest BCUT2D eigenvalue weighted by molar-refractivity contribution is 0.160. The van der Waals surface area contributed by atoms with Gasteiger partial charge in [0.05, 0.1) is 18.1 Å². The molecule has 0 fully saturated rings. The Kier molecular flexibility index (Phi) is 6.48. The number of hydrogen-bond acceptors (Lipinski definition) is 4. The van der Waals surface area contributed by atoms with E-state index in [2.05, 4.69) is 10.1 Å². The minimum atomic E-state index is -2.26. The highest BCUT2D eigenvalue weighted by Crippen LogP contribution is 2.21. The maximum atomic E-state index is 12.6. The summed E-state index contributed by atoms with van der Waals surface area (Å²) in [6.45, 7) is 2.28. The highest BCUT2D eigenvalue weighted by Gasteiger charge is 2.08. The summed E-state index contributed by atoms with van der Waals surface area (Å²) < 4.78 is 38.0. The Morgan fingerprint density at radius 1 is 1.53 bits per heavy atom. The third-order valence-electron chi connectivity index (χ3n) is 2.13. The monoisotopic (exact) mass is 293 g/mol. The molecule has 0 spiro atoms. The number of allylic oxidation sites excluding steroid dienone is 1. The summed E-state index contributed by atoms with van der Waals surface area (Å²) in [7, 11) is 1.75. The maximum Gasteiger partial charge on any atom is 0.301 e. The molecule has 0 bridgehead atoms. The van der Waals surface area contributed by atoms with Crippen LogP contribution in [0.2, 0.25) is 0 Å². The lowest BCUT2D eigenvalue weighted by Crippen LogP contribution is -1.98. The van der Waals surface area contributed by atoms with Crippen molar-refractivity contribution in [3.05, 3.63) is 23.8 Å². The number of oxime groups is 1. The van der Waals surface area contributed by atoms with E-state index in [-0.39, 0.29) is 12.2 Å². The smallest absolute Gasteiger partial charge is 0.301 e. The van der Waals surface area contributed by atoms with Gasteiger partial charge in [-0.1, -0.05) is 16.9 Å². The minimum Gasteiger partial charge on any atom is -0.396 e. The molecule has 0 aliphatic heterocycles. The second kappa shape index (κ2) is 7.88. The zero-order chi connectivity index (χ0) is 14.3. The van der Waals surface area contributed by atoms with Crippen molar-refractivity contribution in [3.63, 3.8) is 0 Å². The summed E-state index contributed by atoms with van der Waals surface area (Å²) in [5.74, 6) is -1.18.